The zero-order valence-corrected chi connectivity index (χ0v) is 46.9. The Morgan fingerprint density at radius 1 is 0.500 bits per heavy atom. The standard InChI is InChI=1S/C10H8NO.C9H6NO.C4H8O2.C4H8O.2C3H7NO.3C3H6O2.C3H6O.2C2H5NO.C2H6.5CH4/c1-3-4-5-6-7-8-9-10(12)11-2;1-2-3-4-5-6-7-8-9(10)11;1-4(5)3-6-2;1-3-4(2)5;2*1-3(5)4-2;3*1-3(4)5-2;1-3(2)4;2*1-3-2-4;1-2;;;;;/h1,8H,9H2,2H3,(H,11,12);1,7H,8H2,(H2,10,11);3H2,1-2H3;3H2,1-2H3;2*1-2H3,(H,4,5);3*1-2H3;1-2H3;2*2H,1H3,(H,3,4);1-2H3;5*1H4/q2*-1;;;;;;;;;;;;;;;;. The van der Waals surface area contributed by atoms with Crippen LogP contribution in [0.25, 0.3) is 0 Å². The molecule has 0 atom stereocenters. The molecule has 0 aliphatic heterocycles. The van der Waals surface area contributed by atoms with E-state index in [0.717, 1.165) is 0 Å². The molecule has 0 rings (SSSR count). The van der Waals surface area contributed by atoms with Crippen LogP contribution < -0.4 is 32.3 Å². The Kier molecular flexibility index (Phi) is 209. The summed E-state index contributed by atoms with van der Waals surface area (Å²) in [5, 5.41) is 11.7. The minimum atomic E-state index is -0.413. The predicted molar refractivity (Wildman–Crippen MR) is 318 cm³/mol. The van der Waals surface area contributed by atoms with Crippen molar-refractivity contribution in [2.45, 2.75) is 139 Å². The number of esters is 3. The number of carbonyl (C=O) groups excluding carboxylic acids is 12. The van der Waals surface area contributed by atoms with Gasteiger partial charge >= 0.3 is 17.9 Å². The predicted octanol–water partition coefficient (Wildman–Crippen LogP) is 4.45. The average molecular weight is 1120 g/mol. The number of ketones is 3. The molecule has 6 amide bonds. The maximum absolute atomic E-state index is 10.6. The van der Waals surface area contributed by atoms with Gasteiger partial charge in [0.15, 0.2) is 5.78 Å². The third-order valence-corrected chi connectivity index (χ3v) is 4.26. The smallest absolute Gasteiger partial charge is 0.302 e. The molecule has 456 valence electrons. The zero-order chi connectivity index (χ0) is 60.9. The van der Waals surface area contributed by atoms with E-state index in [-0.39, 0.29) is 110 Å². The van der Waals surface area contributed by atoms with Crippen molar-refractivity contribution in [2.24, 2.45) is 5.73 Å². The van der Waals surface area contributed by atoms with Crippen molar-refractivity contribution in [3.63, 3.8) is 0 Å². The molecule has 0 aliphatic carbocycles. The van der Waals surface area contributed by atoms with Gasteiger partial charge in [0.25, 0.3) is 0 Å². The number of methoxy groups -OCH3 is 4. The number of hydrogen-bond donors (Lipinski definition) is 6. The lowest BCUT2D eigenvalue weighted by Crippen LogP contribution is -2.16. The van der Waals surface area contributed by atoms with Crippen LogP contribution in [0.15, 0.2) is 0 Å². The van der Waals surface area contributed by atoms with E-state index in [1.54, 1.807) is 42.2 Å². The molecule has 0 saturated carbocycles. The molecule has 0 aromatic carbocycles. The van der Waals surface area contributed by atoms with Gasteiger partial charge in [0.2, 0.25) is 36.4 Å². The summed E-state index contributed by atoms with van der Waals surface area (Å²) < 4.78 is 16.8. The molecule has 0 aromatic rings. The number of nitrogens with two attached hydrogens (primary N) is 1. The topological polar surface area (TPSA) is 328 Å². The monoisotopic (exact) mass is 1120 g/mol. The highest BCUT2D eigenvalue weighted by molar-refractivity contribution is 5.77. The fourth-order valence-corrected chi connectivity index (χ4v) is 0.910. The van der Waals surface area contributed by atoms with Gasteiger partial charge in [-0.1, -0.05) is 57.9 Å². The number of primary amides is 1. The number of hydrogen-bond acceptors (Lipinski definition) is 16. The maximum Gasteiger partial charge on any atom is 0.302 e. The van der Waals surface area contributed by atoms with Crippen molar-refractivity contribution in [1.29, 1.82) is 0 Å². The van der Waals surface area contributed by atoms with Gasteiger partial charge < -0.3 is 60.9 Å². The fraction of sp³-hybridized carbons (Fsp3) is 0.536. The molecule has 0 aliphatic rings. The zero-order valence-electron chi connectivity index (χ0n) is 46.9. The molecule has 0 heterocycles. The van der Waals surface area contributed by atoms with Crippen LogP contribution in [0.2, 0.25) is 0 Å². The lowest BCUT2D eigenvalue weighted by molar-refractivity contribution is -0.138. The van der Waals surface area contributed by atoms with Gasteiger partial charge in [-0.3, -0.25) is 59.8 Å². The number of carbonyl (C=O) groups is 12. The first kappa shape index (κ1) is 123. The first-order chi connectivity index (χ1) is 34.0. The summed E-state index contributed by atoms with van der Waals surface area (Å²) in [4.78, 5) is 116. The molecule has 0 radical (unpaired) electrons. The van der Waals surface area contributed by atoms with E-state index in [0.29, 0.717) is 19.2 Å². The van der Waals surface area contributed by atoms with E-state index in [1.165, 1.54) is 96.7 Å². The molecular weight excluding hydrogens is 1010 g/mol. The quantitative estimate of drug-likeness (QED) is 0.0611. The van der Waals surface area contributed by atoms with Gasteiger partial charge in [0.05, 0.1) is 21.3 Å². The largest absolute Gasteiger partial charge is 0.469 e. The summed E-state index contributed by atoms with van der Waals surface area (Å²) >= 11 is 0. The van der Waals surface area contributed by atoms with Crippen LogP contribution in [0.3, 0.4) is 0 Å². The van der Waals surface area contributed by atoms with Crippen molar-refractivity contribution < 1.29 is 76.5 Å². The normalized spacial score (nSPS) is 5.99. The molecular formula is C56H104N6O16-2. The number of terminal acetylenes is 2. The van der Waals surface area contributed by atoms with Gasteiger partial charge in [-0.15, -0.1) is 24.7 Å². The molecule has 7 N–H and O–H groups in total. The molecule has 22 heteroatoms. The Balaban J connectivity index is -0.0000000318. The van der Waals surface area contributed by atoms with Crippen LogP contribution in [-0.4, -0.2) is 142 Å². The van der Waals surface area contributed by atoms with E-state index in [2.05, 4.69) is 105 Å². The van der Waals surface area contributed by atoms with Crippen LogP contribution in [0.5, 0.6) is 0 Å². The van der Waals surface area contributed by atoms with Crippen molar-refractivity contribution in [3.8, 4) is 72.1 Å². The Morgan fingerprint density at radius 2 is 0.731 bits per heavy atom. The second kappa shape index (κ2) is 133. The molecule has 0 unspecified atom stereocenters. The van der Waals surface area contributed by atoms with E-state index < -0.39 is 5.91 Å². The first-order valence-electron chi connectivity index (χ1n) is 20.8. The van der Waals surface area contributed by atoms with Crippen molar-refractivity contribution >= 4 is 71.7 Å². The highest BCUT2D eigenvalue weighted by atomic mass is 16.5. The summed E-state index contributed by atoms with van der Waals surface area (Å²) in [5.41, 5.74) is 4.83. The summed E-state index contributed by atoms with van der Waals surface area (Å²) in [6.07, 6.45) is 15.0. The number of amides is 6. The molecule has 78 heavy (non-hydrogen) atoms. The Morgan fingerprint density at radius 3 is 0.846 bits per heavy atom. The molecule has 0 saturated heterocycles. The number of nitrogens with one attached hydrogen (secondary N) is 5. The third kappa shape index (κ3) is 428. The van der Waals surface area contributed by atoms with Gasteiger partial charge in [0.1, 0.15) is 18.2 Å². The van der Waals surface area contributed by atoms with E-state index in [9.17, 15) is 47.9 Å². The molecule has 22 nitrogen and oxygen atoms in total. The Labute approximate surface area is 473 Å². The van der Waals surface area contributed by atoms with Crippen molar-refractivity contribution in [1.82, 2.24) is 26.6 Å². The van der Waals surface area contributed by atoms with Crippen LogP contribution >= 0.6 is 0 Å². The molecule has 0 aromatic heterocycles. The average Bonchev–Trinajstić information content (AvgIpc) is 3.35. The maximum atomic E-state index is 10.6. The number of rotatable bonds is 9. The highest BCUT2D eigenvalue weighted by Crippen LogP contribution is 1.82. The second-order valence-corrected chi connectivity index (χ2v) is 10.9. The summed E-state index contributed by atoms with van der Waals surface area (Å²) in [6.45, 7) is 19.2. The first-order valence-corrected chi connectivity index (χ1v) is 20.8. The van der Waals surface area contributed by atoms with Crippen LogP contribution in [0.1, 0.15) is 139 Å². The lowest BCUT2D eigenvalue weighted by atomic mass is 10.3. The van der Waals surface area contributed by atoms with Gasteiger partial charge in [-0.05, 0) is 64.2 Å². The van der Waals surface area contributed by atoms with E-state index >= 15 is 0 Å². The van der Waals surface area contributed by atoms with Crippen LogP contribution in [-0.2, 0) is 76.5 Å². The fourth-order valence-electron chi connectivity index (χ4n) is 0.910. The Hall–Kier alpha value is -8.70. The SMILES string of the molecule is C.C.C.C.C.C#CC#CC#C[CH-]CC(=O)NC.C#CC#CC#C[CH-]CC(N)=O.CC.CC(C)=O.CCC(C)=O.CNC(C)=O.CNC(C)=O.CNC=O.CNC=O.COC(C)=O.COC(C)=O.COC(C)=O.COCC(C)=O. The summed E-state index contributed by atoms with van der Waals surface area (Å²) in [6, 6.07) is 0. The Bertz CT molecular complexity index is 1650. The minimum Gasteiger partial charge on any atom is -0.469 e. The summed E-state index contributed by atoms with van der Waals surface area (Å²) in [7, 11) is 13.4. The molecule has 0 fully saturated rings. The third-order valence-electron chi connectivity index (χ3n) is 4.26. The highest BCUT2D eigenvalue weighted by Gasteiger charge is 1.87. The second-order valence-electron chi connectivity index (χ2n) is 10.9. The van der Waals surface area contributed by atoms with E-state index in [4.69, 9.17) is 28.2 Å². The number of ether oxygens (including phenoxy) is 4. The van der Waals surface area contributed by atoms with Crippen molar-refractivity contribution in [2.75, 3.05) is 70.3 Å². The molecule has 0 bridgehead atoms. The van der Waals surface area contributed by atoms with E-state index in [1.807, 2.05) is 20.8 Å². The van der Waals surface area contributed by atoms with Crippen LogP contribution in [0.4, 0.5) is 0 Å². The summed E-state index contributed by atoms with van der Waals surface area (Å²) in [5.74, 6) is 22.9. The van der Waals surface area contributed by atoms with Crippen LogP contribution in [0, 0.1) is 84.9 Å². The molecule has 0 spiro atoms. The lowest BCUT2D eigenvalue weighted by Gasteiger charge is -1.97. The number of Topliss-reactive ketones (excluding diaryl/α,β-unsaturated/α-hetero) is 3. The van der Waals surface area contributed by atoms with Crippen molar-refractivity contribution in [3.05, 3.63) is 12.8 Å². The van der Waals surface area contributed by atoms with Gasteiger partial charge in [-0.25, -0.2) is 11.8 Å². The van der Waals surface area contributed by atoms with Gasteiger partial charge in [-0.2, -0.15) is 12.8 Å². The minimum absolute atomic E-state index is 0. The van der Waals surface area contributed by atoms with Gasteiger partial charge in [0, 0.05) is 83.4 Å².